The first-order valence-corrected chi connectivity index (χ1v) is 9.22. The zero-order chi connectivity index (χ0) is 19.3. The minimum Gasteiger partial charge on any atom is -0.497 e. The number of piperazine rings is 1. The number of benzene rings is 1. The molecule has 6 nitrogen and oxygen atoms in total. The van der Waals surface area contributed by atoms with Gasteiger partial charge in [0, 0.05) is 38.4 Å². The monoisotopic (exact) mass is 361 g/mol. The van der Waals surface area contributed by atoms with E-state index in [-0.39, 0.29) is 11.8 Å². The smallest absolute Gasteiger partial charge is 0.237 e. The Kier molecular flexibility index (Phi) is 6.51. The first kappa shape index (κ1) is 20.1. The van der Waals surface area contributed by atoms with Gasteiger partial charge in [-0.25, -0.2) is 0 Å². The number of anilines is 1. The number of methoxy groups -OCH3 is 1. The minimum atomic E-state index is -1.04. The quantitative estimate of drug-likeness (QED) is 0.789. The molecular weight excluding hydrogens is 330 g/mol. The summed E-state index contributed by atoms with van der Waals surface area (Å²) in [4.78, 5) is 29.3. The number of carbonyl (C=O) groups is 2. The van der Waals surface area contributed by atoms with Crippen molar-refractivity contribution < 1.29 is 14.3 Å². The van der Waals surface area contributed by atoms with Gasteiger partial charge < -0.3 is 19.9 Å². The molecule has 1 N–H and O–H groups in total. The molecule has 1 heterocycles. The van der Waals surface area contributed by atoms with Crippen LogP contribution >= 0.6 is 0 Å². The van der Waals surface area contributed by atoms with Crippen LogP contribution in [0, 0.1) is 11.3 Å². The molecule has 1 aromatic rings. The Labute approximate surface area is 156 Å². The molecule has 0 aliphatic carbocycles. The van der Waals surface area contributed by atoms with Gasteiger partial charge in [-0.15, -0.1) is 0 Å². The lowest BCUT2D eigenvalue weighted by molar-refractivity contribution is -0.148. The highest BCUT2D eigenvalue weighted by atomic mass is 16.5. The number of carbonyl (C=O) groups excluding carboxylic acids is 2. The Hall–Kier alpha value is -2.24. The number of hydrogen-bond acceptors (Lipinski definition) is 4. The maximum atomic E-state index is 12.9. The fraction of sp³-hybridized carbons (Fsp3) is 0.600. The number of nitrogens with one attached hydrogen (secondary N) is 1. The Bertz CT molecular complexity index is 618. The summed E-state index contributed by atoms with van der Waals surface area (Å²) in [6, 6.07) is 7.93. The molecule has 26 heavy (non-hydrogen) atoms. The second kappa shape index (κ2) is 8.43. The predicted molar refractivity (Wildman–Crippen MR) is 103 cm³/mol. The van der Waals surface area contributed by atoms with Crippen molar-refractivity contribution in [1.29, 1.82) is 0 Å². The average Bonchev–Trinajstić information content (AvgIpc) is 2.65. The molecule has 0 aromatic heterocycles. The molecule has 2 amide bonds. The molecule has 144 valence electrons. The summed E-state index contributed by atoms with van der Waals surface area (Å²) in [5.41, 5.74) is 0.0730. The fourth-order valence-corrected chi connectivity index (χ4v) is 2.97. The van der Waals surface area contributed by atoms with Gasteiger partial charge >= 0.3 is 0 Å². The van der Waals surface area contributed by atoms with Crippen molar-refractivity contribution in [2.45, 2.75) is 27.7 Å². The van der Waals surface area contributed by atoms with E-state index in [2.05, 4.69) is 10.2 Å². The maximum Gasteiger partial charge on any atom is 0.237 e. The van der Waals surface area contributed by atoms with Gasteiger partial charge in [0.25, 0.3) is 0 Å². The highest BCUT2D eigenvalue weighted by molar-refractivity contribution is 6.04. The molecule has 1 aliphatic heterocycles. The molecule has 0 spiro atoms. The molecule has 2 rings (SSSR count). The number of hydrogen-bond donors (Lipinski definition) is 1. The third-order valence-electron chi connectivity index (χ3n) is 4.78. The predicted octanol–water partition coefficient (Wildman–Crippen LogP) is 2.14. The largest absolute Gasteiger partial charge is 0.497 e. The summed E-state index contributed by atoms with van der Waals surface area (Å²) in [7, 11) is 1.65. The minimum absolute atomic E-state index is 0.104. The zero-order valence-corrected chi connectivity index (χ0v) is 16.5. The van der Waals surface area contributed by atoms with E-state index in [1.807, 2.05) is 38.1 Å². The summed E-state index contributed by atoms with van der Waals surface area (Å²) in [6.07, 6.45) is 0. The molecule has 6 heteroatoms. The first-order valence-electron chi connectivity index (χ1n) is 9.22. The molecule has 0 bridgehead atoms. The lowest BCUT2D eigenvalue weighted by Gasteiger charge is -2.39. The molecule has 0 unspecified atom stereocenters. The van der Waals surface area contributed by atoms with Crippen LogP contribution in [0.15, 0.2) is 24.3 Å². The van der Waals surface area contributed by atoms with Crippen LogP contribution in [0.25, 0.3) is 0 Å². The van der Waals surface area contributed by atoms with Gasteiger partial charge in [0.2, 0.25) is 11.8 Å². The second-order valence-corrected chi connectivity index (χ2v) is 7.71. The van der Waals surface area contributed by atoms with E-state index in [9.17, 15) is 9.59 Å². The van der Waals surface area contributed by atoms with Gasteiger partial charge in [-0.3, -0.25) is 9.59 Å². The summed E-state index contributed by atoms with van der Waals surface area (Å²) >= 11 is 0. The standard InChI is InChI=1S/C20H31N3O3/c1-15(2)14-21-18(24)20(3,4)19(25)23-12-10-22(11-13-23)16-6-8-17(26-5)9-7-16/h6-9,15H,10-14H2,1-5H3,(H,21,24). The highest BCUT2D eigenvalue weighted by Crippen LogP contribution is 2.24. The maximum absolute atomic E-state index is 12.9. The van der Waals surface area contributed by atoms with Crippen molar-refractivity contribution in [3.63, 3.8) is 0 Å². The van der Waals surface area contributed by atoms with Gasteiger partial charge in [-0.2, -0.15) is 0 Å². The summed E-state index contributed by atoms with van der Waals surface area (Å²) in [5, 5.41) is 2.88. The van der Waals surface area contributed by atoms with Crippen LogP contribution in [0.2, 0.25) is 0 Å². The Morgan fingerprint density at radius 3 is 2.19 bits per heavy atom. The van der Waals surface area contributed by atoms with Crippen molar-refractivity contribution >= 4 is 17.5 Å². The highest BCUT2D eigenvalue weighted by Gasteiger charge is 2.39. The number of nitrogens with zero attached hydrogens (tertiary/aromatic N) is 2. The third kappa shape index (κ3) is 4.68. The summed E-state index contributed by atoms with van der Waals surface area (Å²) in [6.45, 7) is 10.8. The Balaban J connectivity index is 1.93. The molecule has 1 fully saturated rings. The third-order valence-corrected chi connectivity index (χ3v) is 4.78. The van der Waals surface area contributed by atoms with Crippen LogP contribution in [-0.2, 0) is 9.59 Å². The lowest BCUT2D eigenvalue weighted by Crippen LogP contribution is -2.55. The van der Waals surface area contributed by atoms with Crippen molar-refractivity contribution in [3.05, 3.63) is 24.3 Å². The zero-order valence-electron chi connectivity index (χ0n) is 16.5. The molecule has 0 radical (unpaired) electrons. The van der Waals surface area contributed by atoms with E-state index >= 15 is 0 Å². The van der Waals surface area contributed by atoms with Crippen LogP contribution in [0.1, 0.15) is 27.7 Å². The first-order chi connectivity index (χ1) is 12.3. The SMILES string of the molecule is COc1ccc(N2CCN(C(=O)C(C)(C)C(=O)NCC(C)C)CC2)cc1. The molecule has 0 atom stereocenters. The second-order valence-electron chi connectivity index (χ2n) is 7.71. The van der Waals surface area contributed by atoms with Crippen molar-refractivity contribution in [2.24, 2.45) is 11.3 Å². The van der Waals surface area contributed by atoms with Crippen molar-refractivity contribution in [3.8, 4) is 5.75 Å². The van der Waals surface area contributed by atoms with Crippen LogP contribution in [-0.4, -0.2) is 56.5 Å². The van der Waals surface area contributed by atoms with Gasteiger partial charge in [0.05, 0.1) is 7.11 Å². The van der Waals surface area contributed by atoms with E-state index in [1.165, 1.54) is 0 Å². The Morgan fingerprint density at radius 1 is 1.12 bits per heavy atom. The van der Waals surface area contributed by atoms with E-state index in [0.717, 1.165) is 24.5 Å². The van der Waals surface area contributed by atoms with E-state index in [0.29, 0.717) is 25.6 Å². The van der Waals surface area contributed by atoms with Crippen molar-refractivity contribution in [2.75, 3.05) is 44.7 Å². The molecule has 1 aliphatic rings. The summed E-state index contributed by atoms with van der Waals surface area (Å²) in [5.74, 6) is 0.886. The van der Waals surface area contributed by atoms with Crippen LogP contribution in [0.3, 0.4) is 0 Å². The van der Waals surface area contributed by atoms with Crippen LogP contribution in [0.5, 0.6) is 5.75 Å². The molecule has 1 aromatic carbocycles. The Morgan fingerprint density at radius 2 is 1.69 bits per heavy atom. The van der Waals surface area contributed by atoms with Crippen LogP contribution in [0.4, 0.5) is 5.69 Å². The lowest BCUT2D eigenvalue weighted by atomic mass is 9.89. The van der Waals surface area contributed by atoms with E-state index in [1.54, 1.807) is 25.9 Å². The van der Waals surface area contributed by atoms with Gasteiger partial charge in [-0.1, -0.05) is 13.8 Å². The average molecular weight is 361 g/mol. The normalized spacial score (nSPS) is 15.2. The van der Waals surface area contributed by atoms with Gasteiger partial charge in [-0.05, 0) is 44.0 Å². The van der Waals surface area contributed by atoms with Gasteiger partial charge in [0.15, 0.2) is 0 Å². The molecule has 0 saturated carbocycles. The van der Waals surface area contributed by atoms with Gasteiger partial charge in [0.1, 0.15) is 11.2 Å². The topological polar surface area (TPSA) is 61.9 Å². The number of rotatable bonds is 6. The molecular formula is C20H31N3O3. The molecule has 1 saturated heterocycles. The van der Waals surface area contributed by atoms with Crippen LogP contribution < -0.4 is 15.0 Å². The van der Waals surface area contributed by atoms with E-state index < -0.39 is 5.41 Å². The number of amides is 2. The van der Waals surface area contributed by atoms with Crippen molar-refractivity contribution in [1.82, 2.24) is 10.2 Å². The number of ether oxygens (including phenoxy) is 1. The summed E-state index contributed by atoms with van der Waals surface area (Å²) < 4.78 is 5.19. The fourth-order valence-electron chi connectivity index (χ4n) is 2.97. The van der Waals surface area contributed by atoms with E-state index in [4.69, 9.17) is 4.74 Å².